The summed E-state index contributed by atoms with van der Waals surface area (Å²) in [4.78, 5) is 14.7. The summed E-state index contributed by atoms with van der Waals surface area (Å²) in [7, 11) is -0.453. The first kappa shape index (κ1) is 21.2. The normalized spacial score (nSPS) is 16.4. The summed E-state index contributed by atoms with van der Waals surface area (Å²) in [6, 6.07) is 6.27. The lowest BCUT2D eigenvalue weighted by atomic mass is 10.2. The smallest absolute Gasteiger partial charge is 0.242 e. The number of carbonyl (C=O) groups excluding carboxylic acids is 1. The number of nitrogens with zero attached hydrogens (tertiary/aromatic N) is 2. The number of likely N-dealkylation sites (tertiary alicyclic amines) is 1. The van der Waals surface area contributed by atoms with E-state index in [0.29, 0.717) is 11.4 Å². The minimum Gasteiger partial charge on any atom is -0.325 e. The van der Waals surface area contributed by atoms with Crippen molar-refractivity contribution in [1.82, 2.24) is 9.21 Å². The van der Waals surface area contributed by atoms with E-state index in [1.54, 1.807) is 23.9 Å². The number of carbonyl (C=O) groups is 1. The van der Waals surface area contributed by atoms with Crippen molar-refractivity contribution in [1.29, 1.82) is 0 Å². The fraction of sp³-hybridized carbons (Fsp3) is 0.611. The van der Waals surface area contributed by atoms with Crippen LogP contribution in [0.4, 0.5) is 5.69 Å². The van der Waals surface area contributed by atoms with Crippen molar-refractivity contribution >= 4 is 33.4 Å². The number of rotatable bonds is 8. The summed E-state index contributed by atoms with van der Waals surface area (Å²) in [6.07, 6.45) is 5.23. The fourth-order valence-corrected chi connectivity index (χ4v) is 4.53. The van der Waals surface area contributed by atoms with Crippen molar-refractivity contribution in [2.75, 3.05) is 50.6 Å². The lowest BCUT2D eigenvalue weighted by molar-refractivity contribution is -0.113. The molecule has 1 aliphatic rings. The van der Waals surface area contributed by atoms with E-state index in [2.05, 4.69) is 10.2 Å². The molecule has 1 saturated heterocycles. The van der Waals surface area contributed by atoms with Crippen LogP contribution in [-0.2, 0) is 14.8 Å². The molecule has 1 aliphatic heterocycles. The largest absolute Gasteiger partial charge is 0.325 e. The molecular weight excluding hydrogens is 370 g/mol. The Balaban J connectivity index is 1.72. The third-order valence-electron chi connectivity index (χ3n) is 4.40. The molecule has 1 aromatic rings. The molecule has 1 amide bonds. The van der Waals surface area contributed by atoms with E-state index in [4.69, 9.17) is 0 Å². The maximum atomic E-state index is 12.0. The number of nitrogens with one attached hydrogen (secondary N) is 1. The second kappa shape index (κ2) is 10.3. The third kappa shape index (κ3) is 6.57. The molecule has 0 atom stereocenters. The topological polar surface area (TPSA) is 69.7 Å². The van der Waals surface area contributed by atoms with Gasteiger partial charge in [0.2, 0.25) is 15.9 Å². The molecular formula is C18H29N3O3S2. The minimum absolute atomic E-state index is 0.0610. The van der Waals surface area contributed by atoms with Gasteiger partial charge in [-0.3, -0.25) is 4.79 Å². The lowest BCUT2D eigenvalue weighted by Gasteiger charge is -2.19. The summed E-state index contributed by atoms with van der Waals surface area (Å²) in [5.41, 5.74) is 0.612. The Morgan fingerprint density at radius 1 is 1.12 bits per heavy atom. The van der Waals surface area contributed by atoms with Gasteiger partial charge in [0.1, 0.15) is 0 Å². The van der Waals surface area contributed by atoms with Gasteiger partial charge in [-0.15, -0.1) is 0 Å². The van der Waals surface area contributed by atoms with Crippen LogP contribution in [0.5, 0.6) is 0 Å². The van der Waals surface area contributed by atoms with Gasteiger partial charge in [0.15, 0.2) is 0 Å². The zero-order valence-corrected chi connectivity index (χ0v) is 17.2. The number of hydrogen-bond acceptors (Lipinski definition) is 5. The van der Waals surface area contributed by atoms with E-state index in [9.17, 15) is 13.2 Å². The quantitative estimate of drug-likeness (QED) is 0.680. The molecule has 2 rings (SSSR count). The van der Waals surface area contributed by atoms with E-state index in [0.717, 1.165) is 12.3 Å². The van der Waals surface area contributed by atoms with Crippen molar-refractivity contribution in [3.63, 3.8) is 0 Å². The van der Waals surface area contributed by atoms with Gasteiger partial charge in [-0.25, -0.2) is 12.7 Å². The van der Waals surface area contributed by atoms with Crippen molar-refractivity contribution in [3.05, 3.63) is 24.3 Å². The Morgan fingerprint density at radius 2 is 1.73 bits per heavy atom. The van der Waals surface area contributed by atoms with Gasteiger partial charge in [0.25, 0.3) is 0 Å². The highest BCUT2D eigenvalue weighted by Crippen LogP contribution is 2.17. The third-order valence-corrected chi connectivity index (χ3v) is 7.17. The van der Waals surface area contributed by atoms with Crippen LogP contribution in [0.15, 0.2) is 29.2 Å². The average Bonchev–Trinajstić information content (AvgIpc) is 2.88. The highest BCUT2D eigenvalue weighted by atomic mass is 32.2. The van der Waals surface area contributed by atoms with Crippen molar-refractivity contribution in [2.24, 2.45) is 0 Å². The van der Waals surface area contributed by atoms with Gasteiger partial charge in [-0.05, 0) is 50.2 Å². The molecule has 6 nitrogen and oxygen atoms in total. The van der Waals surface area contributed by atoms with Gasteiger partial charge in [-0.2, -0.15) is 11.8 Å². The predicted molar refractivity (Wildman–Crippen MR) is 108 cm³/mol. The Hall–Kier alpha value is -1.09. The number of anilines is 1. The molecule has 1 N–H and O–H groups in total. The van der Waals surface area contributed by atoms with Crippen LogP contribution in [0.25, 0.3) is 0 Å². The molecule has 0 spiro atoms. The molecule has 26 heavy (non-hydrogen) atoms. The van der Waals surface area contributed by atoms with Gasteiger partial charge < -0.3 is 10.2 Å². The van der Waals surface area contributed by atoms with Crippen molar-refractivity contribution in [2.45, 2.75) is 30.6 Å². The van der Waals surface area contributed by atoms with E-state index < -0.39 is 10.0 Å². The maximum absolute atomic E-state index is 12.0. The van der Waals surface area contributed by atoms with Crippen LogP contribution in [0.1, 0.15) is 25.7 Å². The first-order valence-electron chi connectivity index (χ1n) is 9.02. The number of benzene rings is 1. The number of hydrogen-bond donors (Lipinski definition) is 1. The first-order valence-corrected chi connectivity index (χ1v) is 11.6. The summed E-state index contributed by atoms with van der Waals surface area (Å²) in [5.74, 6) is 1.30. The Bertz CT molecular complexity index is 667. The maximum Gasteiger partial charge on any atom is 0.242 e. The summed E-state index contributed by atoms with van der Waals surface area (Å²) in [6.45, 7) is 3.39. The van der Waals surface area contributed by atoms with E-state index in [1.807, 2.05) is 0 Å². The minimum atomic E-state index is -3.44. The van der Waals surface area contributed by atoms with E-state index >= 15 is 0 Å². The molecule has 1 fully saturated rings. The van der Waals surface area contributed by atoms with Gasteiger partial charge in [0, 0.05) is 32.1 Å². The van der Waals surface area contributed by atoms with Crippen LogP contribution in [-0.4, -0.2) is 68.8 Å². The van der Waals surface area contributed by atoms with Gasteiger partial charge in [0.05, 0.1) is 10.6 Å². The van der Waals surface area contributed by atoms with Gasteiger partial charge in [-0.1, -0.05) is 12.8 Å². The molecule has 0 aliphatic carbocycles. The molecule has 0 unspecified atom stereocenters. The van der Waals surface area contributed by atoms with Crippen LogP contribution < -0.4 is 5.32 Å². The SMILES string of the molecule is CN(C)S(=O)(=O)c1ccc(NC(=O)CSCCN2CCCCCC2)cc1. The standard InChI is InChI=1S/C18H29N3O3S2/c1-20(2)26(23,24)17-9-7-16(8-10-17)19-18(22)15-25-14-13-21-11-5-3-4-6-12-21/h7-10H,3-6,11-15H2,1-2H3,(H,19,22). The number of amides is 1. The van der Waals surface area contributed by atoms with Crippen LogP contribution in [0.3, 0.4) is 0 Å². The van der Waals surface area contributed by atoms with E-state index in [-0.39, 0.29) is 10.8 Å². The molecule has 0 bridgehead atoms. The Morgan fingerprint density at radius 3 is 2.31 bits per heavy atom. The average molecular weight is 400 g/mol. The zero-order valence-electron chi connectivity index (χ0n) is 15.6. The van der Waals surface area contributed by atoms with Crippen LogP contribution in [0.2, 0.25) is 0 Å². The lowest BCUT2D eigenvalue weighted by Crippen LogP contribution is -2.27. The van der Waals surface area contributed by atoms with Crippen LogP contribution in [0, 0.1) is 0 Å². The monoisotopic (exact) mass is 399 g/mol. The van der Waals surface area contributed by atoms with Crippen LogP contribution >= 0.6 is 11.8 Å². The summed E-state index contributed by atoms with van der Waals surface area (Å²) in [5, 5.41) is 2.82. The number of sulfonamides is 1. The number of thioether (sulfide) groups is 1. The fourth-order valence-electron chi connectivity index (χ4n) is 2.84. The first-order chi connectivity index (χ1) is 12.4. The molecule has 0 saturated carbocycles. The van der Waals surface area contributed by atoms with E-state index in [1.165, 1.54) is 69.3 Å². The summed E-state index contributed by atoms with van der Waals surface area (Å²) >= 11 is 1.64. The Labute approximate surface area is 161 Å². The molecule has 1 heterocycles. The highest BCUT2D eigenvalue weighted by molar-refractivity contribution is 7.99. The summed E-state index contributed by atoms with van der Waals surface area (Å²) < 4.78 is 25.2. The van der Waals surface area contributed by atoms with Crippen molar-refractivity contribution < 1.29 is 13.2 Å². The molecule has 146 valence electrons. The Kier molecular flexibility index (Phi) is 8.40. The van der Waals surface area contributed by atoms with Crippen molar-refractivity contribution in [3.8, 4) is 0 Å². The highest BCUT2D eigenvalue weighted by Gasteiger charge is 2.16. The van der Waals surface area contributed by atoms with Gasteiger partial charge >= 0.3 is 0 Å². The molecule has 8 heteroatoms. The second-order valence-corrected chi connectivity index (χ2v) is 9.93. The zero-order chi connectivity index (χ0) is 19.0. The predicted octanol–water partition coefficient (Wildman–Crippen LogP) is 2.48. The second-order valence-electron chi connectivity index (χ2n) is 6.67. The molecule has 1 aromatic carbocycles. The molecule has 0 aromatic heterocycles. The molecule has 0 radical (unpaired) electrons.